The molecule has 4 rings (SSSR count). The van der Waals surface area contributed by atoms with Crippen molar-refractivity contribution in [2.24, 2.45) is 7.05 Å². The highest BCUT2D eigenvalue weighted by Crippen LogP contribution is 2.34. The molecule has 1 aliphatic carbocycles. The van der Waals surface area contributed by atoms with Crippen molar-refractivity contribution in [1.82, 2.24) is 24.4 Å². The Labute approximate surface area is 202 Å². The molecule has 0 bridgehead atoms. The van der Waals surface area contributed by atoms with Crippen LogP contribution in [0.1, 0.15) is 41.8 Å². The number of hydrogen-bond acceptors (Lipinski definition) is 6. The fourth-order valence-corrected chi connectivity index (χ4v) is 5.26. The van der Waals surface area contributed by atoms with Gasteiger partial charge in [0.1, 0.15) is 0 Å². The molecule has 0 saturated heterocycles. The third-order valence-electron chi connectivity index (χ3n) is 6.49. The quantitative estimate of drug-likeness (QED) is 0.532. The van der Waals surface area contributed by atoms with Gasteiger partial charge in [0.05, 0.1) is 19.2 Å². The summed E-state index contributed by atoms with van der Waals surface area (Å²) in [4.78, 5) is 19.3. The number of hydrogen-bond donors (Lipinski definition) is 1. The Balaban J connectivity index is 1.58. The van der Waals surface area contributed by atoms with Crippen LogP contribution >= 0.6 is 0 Å². The van der Waals surface area contributed by atoms with E-state index in [9.17, 15) is 9.00 Å². The number of fused-ring (bicyclic) bond motifs is 1. The van der Waals surface area contributed by atoms with Gasteiger partial charge < -0.3 is 9.64 Å². The van der Waals surface area contributed by atoms with Crippen LogP contribution in [0.3, 0.4) is 0 Å². The standard InChI is InChI=1S/C25H31N5O3S/c1-16(29(2)3)22-15-25(27-30(22)4)34(32)28-23(31)14-21-19-8-6-7-17(19)9-10-20(21)18-11-12-26-24(13-18)33-5/h9-13,15-16H,6-8,14H2,1-5H3,(H,28,31). The molecule has 2 aromatic heterocycles. The van der Waals surface area contributed by atoms with Gasteiger partial charge in [0.2, 0.25) is 11.8 Å². The SMILES string of the molecule is COc1cc(-c2ccc3c(c2CC(=O)NS(=O)c2cc(C(C)N(C)C)n(C)n2)CCC3)ccn1. The minimum atomic E-state index is -1.74. The minimum absolute atomic E-state index is 0.103. The molecule has 1 aliphatic rings. The zero-order chi connectivity index (χ0) is 24.4. The number of nitrogens with one attached hydrogen (secondary N) is 1. The molecule has 0 aliphatic heterocycles. The van der Waals surface area contributed by atoms with Crippen molar-refractivity contribution < 1.29 is 13.7 Å². The summed E-state index contributed by atoms with van der Waals surface area (Å²) in [6, 6.07) is 9.89. The Kier molecular flexibility index (Phi) is 7.13. The first-order valence-corrected chi connectivity index (χ1v) is 12.5. The van der Waals surface area contributed by atoms with Crippen molar-refractivity contribution in [3.63, 3.8) is 0 Å². The molecule has 8 nitrogen and oxygen atoms in total. The second-order valence-corrected chi connectivity index (χ2v) is 9.97. The number of nitrogens with zero attached hydrogens (tertiary/aromatic N) is 4. The highest BCUT2D eigenvalue weighted by atomic mass is 32.2. The van der Waals surface area contributed by atoms with Crippen LogP contribution in [0.2, 0.25) is 0 Å². The predicted octanol–water partition coefficient (Wildman–Crippen LogP) is 2.98. The van der Waals surface area contributed by atoms with Crippen LogP contribution < -0.4 is 9.46 Å². The van der Waals surface area contributed by atoms with Crippen molar-refractivity contribution >= 4 is 16.9 Å². The lowest BCUT2D eigenvalue weighted by atomic mass is 9.91. The van der Waals surface area contributed by atoms with E-state index in [1.165, 1.54) is 11.1 Å². The van der Waals surface area contributed by atoms with Gasteiger partial charge in [-0.15, -0.1) is 0 Å². The lowest BCUT2D eigenvalue weighted by Crippen LogP contribution is -2.28. The molecular formula is C25H31N5O3S. The molecule has 1 aromatic carbocycles. The average molecular weight is 482 g/mol. The second kappa shape index (κ2) is 10.1. The second-order valence-electron chi connectivity index (χ2n) is 8.81. The topological polar surface area (TPSA) is 89.4 Å². The third kappa shape index (κ3) is 4.90. The molecule has 0 spiro atoms. The van der Waals surface area contributed by atoms with E-state index in [0.29, 0.717) is 10.9 Å². The smallest absolute Gasteiger partial charge is 0.236 e. The Morgan fingerprint density at radius 1 is 1.26 bits per heavy atom. The van der Waals surface area contributed by atoms with Gasteiger partial charge in [-0.05, 0) is 80.2 Å². The first kappa shape index (κ1) is 24.1. The Morgan fingerprint density at radius 2 is 2.06 bits per heavy atom. The van der Waals surface area contributed by atoms with Gasteiger partial charge in [0, 0.05) is 25.4 Å². The summed E-state index contributed by atoms with van der Waals surface area (Å²) in [5, 5.41) is 4.71. The number of benzene rings is 1. The average Bonchev–Trinajstić information content (AvgIpc) is 3.45. The summed E-state index contributed by atoms with van der Waals surface area (Å²) in [6.07, 6.45) is 4.86. The van der Waals surface area contributed by atoms with E-state index in [1.54, 1.807) is 24.1 Å². The summed E-state index contributed by atoms with van der Waals surface area (Å²) >= 11 is 0. The molecule has 1 N–H and O–H groups in total. The van der Waals surface area contributed by atoms with Crippen LogP contribution in [0.4, 0.5) is 0 Å². The van der Waals surface area contributed by atoms with Crippen molar-refractivity contribution in [3.05, 3.63) is 58.9 Å². The number of aryl methyl sites for hydroxylation is 2. The number of aromatic nitrogens is 3. The lowest BCUT2D eigenvalue weighted by molar-refractivity contribution is -0.118. The van der Waals surface area contributed by atoms with Gasteiger partial charge in [-0.2, -0.15) is 5.10 Å². The van der Waals surface area contributed by atoms with Crippen LogP contribution in [0.5, 0.6) is 5.88 Å². The summed E-state index contributed by atoms with van der Waals surface area (Å²) in [5.41, 5.74) is 6.31. The summed E-state index contributed by atoms with van der Waals surface area (Å²) < 4.78 is 22.6. The van der Waals surface area contributed by atoms with Gasteiger partial charge in [-0.25, -0.2) is 9.19 Å². The highest BCUT2D eigenvalue weighted by molar-refractivity contribution is 7.83. The van der Waals surface area contributed by atoms with E-state index in [2.05, 4.69) is 26.9 Å². The van der Waals surface area contributed by atoms with Crippen LogP contribution in [0.25, 0.3) is 11.1 Å². The zero-order valence-corrected chi connectivity index (χ0v) is 21.1. The summed E-state index contributed by atoms with van der Waals surface area (Å²) in [7, 11) is 5.62. The number of ether oxygens (including phenoxy) is 1. The van der Waals surface area contributed by atoms with Crippen LogP contribution in [0, 0.1) is 0 Å². The van der Waals surface area contributed by atoms with Crippen molar-refractivity contribution in [3.8, 4) is 17.0 Å². The maximum atomic E-state index is 13.1. The lowest BCUT2D eigenvalue weighted by Gasteiger charge is -2.19. The molecule has 2 unspecified atom stereocenters. The first-order valence-electron chi connectivity index (χ1n) is 11.3. The minimum Gasteiger partial charge on any atom is -0.481 e. The number of carbonyl (C=O) groups excluding carboxylic acids is 1. The largest absolute Gasteiger partial charge is 0.481 e. The van der Waals surface area contributed by atoms with Gasteiger partial charge in [0.15, 0.2) is 16.0 Å². The van der Waals surface area contributed by atoms with Crippen molar-refractivity contribution in [2.75, 3.05) is 21.2 Å². The van der Waals surface area contributed by atoms with Crippen LogP contribution in [-0.4, -0.2) is 51.0 Å². The number of pyridine rings is 1. The van der Waals surface area contributed by atoms with Crippen LogP contribution in [0.15, 0.2) is 41.6 Å². The first-order chi connectivity index (χ1) is 16.3. The predicted molar refractivity (Wildman–Crippen MR) is 132 cm³/mol. The van der Waals surface area contributed by atoms with E-state index in [-0.39, 0.29) is 18.4 Å². The number of methoxy groups -OCH3 is 1. The van der Waals surface area contributed by atoms with Gasteiger partial charge in [-0.3, -0.25) is 14.2 Å². The fourth-order valence-electron chi connectivity index (χ4n) is 4.46. The summed E-state index contributed by atoms with van der Waals surface area (Å²) in [5.74, 6) is 0.223. The van der Waals surface area contributed by atoms with Crippen molar-refractivity contribution in [2.45, 2.75) is 43.7 Å². The summed E-state index contributed by atoms with van der Waals surface area (Å²) in [6.45, 7) is 2.05. The van der Waals surface area contributed by atoms with E-state index in [0.717, 1.165) is 41.6 Å². The van der Waals surface area contributed by atoms with Gasteiger partial charge >= 0.3 is 0 Å². The normalized spacial score (nSPS) is 14.6. The van der Waals surface area contributed by atoms with Crippen LogP contribution in [-0.2, 0) is 42.1 Å². The third-order valence-corrected chi connectivity index (χ3v) is 7.48. The molecule has 2 heterocycles. The number of amides is 1. The molecule has 9 heteroatoms. The van der Waals surface area contributed by atoms with E-state index < -0.39 is 11.0 Å². The van der Waals surface area contributed by atoms with Gasteiger partial charge in [0.25, 0.3) is 0 Å². The Bertz CT molecular complexity index is 1240. The molecule has 0 radical (unpaired) electrons. The van der Waals surface area contributed by atoms with Crippen molar-refractivity contribution in [1.29, 1.82) is 0 Å². The maximum absolute atomic E-state index is 13.1. The molecule has 34 heavy (non-hydrogen) atoms. The molecule has 180 valence electrons. The Morgan fingerprint density at radius 3 is 2.79 bits per heavy atom. The Hall–Kier alpha value is -3.04. The molecule has 2 atom stereocenters. The van der Waals surface area contributed by atoms with Gasteiger partial charge in [-0.1, -0.05) is 12.1 Å². The van der Waals surface area contributed by atoms with E-state index in [4.69, 9.17) is 4.74 Å². The highest BCUT2D eigenvalue weighted by Gasteiger charge is 2.23. The molecule has 0 fully saturated rings. The van der Waals surface area contributed by atoms with E-state index in [1.807, 2.05) is 45.1 Å². The maximum Gasteiger partial charge on any atom is 0.236 e. The molecule has 1 amide bonds. The molecule has 0 saturated carbocycles. The number of carbonyl (C=O) groups is 1. The number of rotatable bonds is 8. The fraction of sp³-hybridized carbons (Fsp3) is 0.400. The van der Waals surface area contributed by atoms with E-state index >= 15 is 0 Å². The molecule has 3 aromatic rings. The monoisotopic (exact) mass is 481 g/mol. The molecular weight excluding hydrogens is 450 g/mol. The zero-order valence-electron chi connectivity index (χ0n) is 20.3.